The average Bonchev–Trinajstić information content (AvgIpc) is 2.45. The van der Waals surface area contributed by atoms with Gasteiger partial charge in [0.15, 0.2) is 5.78 Å². The lowest BCUT2D eigenvalue weighted by atomic mass is 9.93. The summed E-state index contributed by atoms with van der Waals surface area (Å²) in [6, 6.07) is 5.06. The van der Waals surface area contributed by atoms with E-state index in [1.54, 1.807) is 37.3 Å². The lowest BCUT2D eigenvalue weighted by molar-refractivity contribution is -0.137. The molecule has 0 bridgehead atoms. The fourth-order valence-electron chi connectivity index (χ4n) is 2.36. The Balaban J connectivity index is 2.95. The van der Waals surface area contributed by atoms with Crippen LogP contribution < -0.4 is 4.74 Å². The second kappa shape index (κ2) is 8.51. The number of nitrogens with zero attached hydrogens (tertiary/aromatic N) is 1. The molecule has 0 aliphatic carbocycles. The number of methoxy groups -OCH3 is 1. The van der Waals surface area contributed by atoms with Crippen molar-refractivity contribution in [3.63, 3.8) is 0 Å². The van der Waals surface area contributed by atoms with Gasteiger partial charge in [0.2, 0.25) is 0 Å². The predicted molar refractivity (Wildman–Crippen MR) is 82.4 cm³/mol. The van der Waals surface area contributed by atoms with Crippen LogP contribution >= 0.6 is 0 Å². The van der Waals surface area contributed by atoms with Gasteiger partial charge in [0.25, 0.3) is 0 Å². The molecule has 0 spiro atoms. The van der Waals surface area contributed by atoms with Gasteiger partial charge in [-0.2, -0.15) is 0 Å². The molecule has 0 aromatic heterocycles. The van der Waals surface area contributed by atoms with E-state index in [2.05, 4.69) is 0 Å². The number of likely N-dealkylation sites (N-methyl/N-ethyl adjacent to an activating group) is 1. The number of carbonyl (C=O) groups excluding carboxylic acids is 1. The Bertz CT molecular complexity index is 529. The summed E-state index contributed by atoms with van der Waals surface area (Å²) in [4.78, 5) is 25.3. The topological polar surface area (TPSA) is 87.1 Å². The van der Waals surface area contributed by atoms with Crippen LogP contribution in [0.2, 0.25) is 0 Å². The van der Waals surface area contributed by atoms with Gasteiger partial charge in [-0.05, 0) is 37.7 Å². The van der Waals surface area contributed by atoms with E-state index < -0.39 is 11.9 Å². The third-order valence-corrected chi connectivity index (χ3v) is 3.48. The molecular formula is C16H23NO5. The highest BCUT2D eigenvalue weighted by atomic mass is 16.5. The largest absolute Gasteiger partial charge is 0.496 e. The molecule has 0 heterocycles. The number of benzene rings is 1. The zero-order chi connectivity index (χ0) is 16.7. The number of ketones is 1. The van der Waals surface area contributed by atoms with E-state index in [0.29, 0.717) is 17.9 Å². The fraction of sp³-hybridized carbons (Fsp3) is 0.500. The molecule has 1 aromatic carbocycles. The van der Waals surface area contributed by atoms with E-state index in [1.165, 1.54) is 0 Å². The molecule has 1 rings (SSSR count). The standard InChI is InChI=1S/C16H23NO5/c1-11-8-12(4-5-14(11)22-3)16(21)13(9-15(19)20)10-17(2)6-7-18/h4-5,8,13,18H,6-7,9-10H2,1-3H3,(H,19,20). The minimum atomic E-state index is -1.01. The molecule has 0 radical (unpaired) electrons. The molecule has 1 unspecified atom stereocenters. The number of carbonyl (C=O) groups is 2. The quantitative estimate of drug-likeness (QED) is 0.667. The van der Waals surface area contributed by atoms with Gasteiger partial charge in [-0.25, -0.2) is 0 Å². The number of ether oxygens (including phenoxy) is 1. The van der Waals surface area contributed by atoms with Gasteiger partial charge in [-0.1, -0.05) is 0 Å². The van der Waals surface area contributed by atoms with Gasteiger partial charge in [0, 0.05) is 24.6 Å². The molecule has 122 valence electrons. The van der Waals surface area contributed by atoms with Crippen molar-refractivity contribution < 1.29 is 24.5 Å². The molecule has 0 fully saturated rings. The first-order chi connectivity index (χ1) is 10.4. The van der Waals surface area contributed by atoms with Crippen molar-refractivity contribution in [1.29, 1.82) is 0 Å². The Morgan fingerprint density at radius 1 is 1.36 bits per heavy atom. The van der Waals surface area contributed by atoms with Crippen molar-refractivity contribution in [2.24, 2.45) is 5.92 Å². The van der Waals surface area contributed by atoms with Crippen LogP contribution in [0.3, 0.4) is 0 Å². The Hall–Kier alpha value is -1.92. The highest BCUT2D eigenvalue weighted by Gasteiger charge is 2.24. The summed E-state index contributed by atoms with van der Waals surface area (Å²) >= 11 is 0. The number of carboxylic acid groups (broad SMARTS) is 1. The van der Waals surface area contributed by atoms with Crippen LogP contribution in [-0.2, 0) is 4.79 Å². The molecular weight excluding hydrogens is 286 g/mol. The minimum Gasteiger partial charge on any atom is -0.496 e. The van der Waals surface area contributed by atoms with Crippen molar-refractivity contribution in [3.05, 3.63) is 29.3 Å². The third-order valence-electron chi connectivity index (χ3n) is 3.48. The molecule has 6 nitrogen and oxygen atoms in total. The summed E-state index contributed by atoms with van der Waals surface area (Å²) in [5.74, 6) is -1.19. The molecule has 1 aromatic rings. The number of aliphatic hydroxyl groups excluding tert-OH is 1. The molecule has 0 saturated carbocycles. The number of hydrogen-bond donors (Lipinski definition) is 2. The first-order valence-electron chi connectivity index (χ1n) is 7.09. The monoisotopic (exact) mass is 309 g/mol. The normalized spacial score (nSPS) is 12.2. The second-order valence-electron chi connectivity index (χ2n) is 5.33. The summed E-state index contributed by atoms with van der Waals surface area (Å²) in [6.07, 6.45) is -0.236. The van der Waals surface area contributed by atoms with Gasteiger partial charge in [-0.3, -0.25) is 9.59 Å². The van der Waals surface area contributed by atoms with Crippen molar-refractivity contribution in [1.82, 2.24) is 4.90 Å². The van der Waals surface area contributed by atoms with Gasteiger partial charge >= 0.3 is 5.97 Å². The fourth-order valence-corrected chi connectivity index (χ4v) is 2.36. The maximum absolute atomic E-state index is 12.6. The van der Waals surface area contributed by atoms with E-state index in [4.69, 9.17) is 14.9 Å². The summed E-state index contributed by atoms with van der Waals surface area (Å²) in [5.41, 5.74) is 1.30. The Morgan fingerprint density at radius 3 is 2.55 bits per heavy atom. The zero-order valence-corrected chi connectivity index (χ0v) is 13.2. The number of carboxylic acids is 1. The van der Waals surface area contributed by atoms with Crippen LogP contribution in [0.4, 0.5) is 0 Å². The highest BCUT2D eigenvalue weighted by molar-refractivity contribution is 5.99. The predicted octanol–water partition coefficient (Wildman–Crippen LogP) is 1.20. The zero-order valence-electron chi connectivity index (χ0n) is 13.2. The third kappa shape index (κ3) is 5.13. The molecule has 6 heteroatoms. The number of rotatable bonds is 9. The Kier molecular flexibility index (Phi) is 7.01. The molecule has 22 heavy (non-hydrogen) atoms. The maximum atomic E-state index is 12.6. The molecule has 0 aliphatic heterocycles. The second-order valence-corrected chi connectivity index (χ2v) is 5.33. The van der Waals surface area contributed by atoms with Gasteiger partial charge in [0.05, 0.1) is 20.1 Å². The molecule has 0 amide bonds. The van der Waals surface area contributed by atoms with E-state index in [0.717, 1.165) is 5.56 Å². The minimum absolute atomic E-state index is 0.0356. The van der Waals surface area contributed by atoms with Gasteiger partial charge < -0.3 is 19.8 Å². The number of aliphatic carboxylic acids is 1. The maximum Gasteiger partial charge on any atom is 0.304 e. The van der Waals surface area contributed by atoms with Crippen LogP contribution in [0.25, 0.3) is 0 Å². The van der Waals surface area contributed by atoms with Crippen molar-refractivity contribution in [2.75, 3.05) is 33.9 Å². The number of aliphatic hydroxyl groups is 1. The smallest absolute Gasteiger partial charge is 0.304 e. The van der Waals surface area contributed by atoms with E-state index in [-0.39, 0.29) is 25.4 Å². The summed E-state index contributed by atoms with van der Waals surface area (Å²) in [7, 11) is 3.30. The number of Topliss-reactive ketones (excluding diaryl/α,β-unsaturated/α-hetero) is 1. The van der Waals surface area contributed by atoms with E-state index >= 15 is 0 Å². The van der Waals surface area contributed by atoms with Crippen LogP contribution in [0, 0.1) is 12.8 Å². The van der Waals surface area contributed by atoms with Crippen LogP contribution in [0.5, 0.6) is 5.75 Å². The summed E-state index contributed by atoms with van der Waals surface area (Å²) in [5, 5.41) is 17.9. The highest BCUT2D eigenvalue weighted by Crippen LogP contribution is 2.21. The molecule has 0 aliphatic rings. The first-order valence-corrected chi connectivity index (χ1v) is 7.09. The summed E-state index contributed by atoms with van der Waals surface area (Å²) < 4.78 is 5.16. The Labute approximate surface area is 130 Å². The summed E-state index contributed by atoms with van der Waals surface area (Å²) in [6.45, 7) is 2.48. The van der Waals surface area contributed by atoms with Crippen LogP contribution in [0.1, 0.15) is 22.3 Å². The number of hydrogen-bond acceptors (Lipinski definition) is 5. The van der Waals surface area contributed by atoms with Crippen LogP contribution in [0.15, 0.2) is 18.2 Å². The van der Waals surface area contributed by atoms with Crippen molar-refractivity contribution in [3.8, 4) is 5.75 Å². The number of aryl methyl sites for hydroxylation is 1. The van der Waals surface area contributed by atoms with Gasteiger partial charge in [-0.15, -0.1) is 0 Å². The first kappa shape index (κ1) is 18.1. The Morgan fingerprint density at radius 2 is 2.05 bits per heavy atom. The molecule has 1 atom stereocenters. The van der Waals surface area contributed by atoms with Gasteiger partial charge in [0.1, 0.15) is 5.75 Å². The lowest BCUT2D eigenvalue weighted by Crippen LogP contribution is -2.33. The van der Waals surface area contributed by atoms with E-state index in [9.17, 15) is 9.59 Å². The molecule has 2 N–H and O–H groups in total. The van der Waals surface area contributed by atoms with Crippen molar-refractivity contribution in [2.45, 2.75) is 13.3 Å². The lowest BCUT2D eigenvalue weighted by Gasteiger charge is -2.21. The molecule has 0 saturated heterocycles. The van der Waals surface area contributed by atoms with Crippen molar-refractivity contribution >= 4 is 11.8 Å². The van der Waals surface area contributed by atoms with Crippen LogP contribution in [-0.4, -0.2) is 60.7 Å². The average molecular weight is 309 g/mol. The van der Waals surface area contributed by atoms with E-state index in [1.807, 2.05) is 6.92 Å². The SMILES string of the molecule is COc1ccc(C(=O)C(CC(=O)O)CN(C)CCO)cc1C.